The predicted octanol–water partition coefficient (Wildman–Crippen LogP) is 2.17. The molecule has 0 N–H and O–H groups in total. The molecule has 1 aromatic carbocycles. The average Bonchev–Trinajstić information content (AvgIpc) is 3.14. The molecule has 0 bridgehead atoms. The van der Waals surface area contributed by atoms with E-state index in [1.165, 1.54) is 4.57 Å². The largest absolute Gasteiger partial charge is 0.420 e. The number of carbonyl (C=O) groups excluding carboxylic acids is 1. The van der Waals surface area contributed by atoms with Crippen molar-refractivity contribution in [3.8, 4) is 0 Å². The van der Waals surface area contributed by atoms with E-state index in [0.717, 1.165) is 25.2 Å². The normalized spacial score (nSPS) is 17.5. The van der Waals surface area contributed by atoms with Crippen LogP contribution in [0.3, 0.4) is 0 Å². The second-order valence-electron chi connectivity index (χ2n) is 6.27. The molecule has 0 saturated heterocycles. The van der Waals surface area contributed by atoms with Gasteiger partial charge < -0.3 is 13.9 Å². The highest BCUT2D eigenvalue weighted by molar-refractivity contribution is 5.80. The van der Waals surface area contributed by atoms with Crippen molar-refractivity contribution < 1.29 is 9.21 Å². The van der Waals surface area contributed by atoms with Crippen LogP contribution in [0.15, 0.2) is 45.9 Å². The molecule has 1 unspecified atom stereocenters. The van der Waals surface area contributed by atoms with Crippen molar-refractivity contribution in [2.75, 3.05) is 6.54 Å². The van der Waals surface area contributed by atoms with Crippen LogP contribution in [0.5, 0.6) is 0 Å². The average molecular weight is 340 g/mol. The smallest absolute Gasteiger partial charge is 0.408 e. The van der Waals surface area contributed by atoms with Gasteiger partial charge in [0.1, 0.15) is 12.4 Å². The molecule has 1 aliphatic heterocycles. The highest BCUT2D eigenvalue weighted by Gasteiger charge is 2.29. The van der Waals surface area contributed by atoms with Crippen molar-refractivity contribution in [1.82, 2.24) is 19.0 Å². The molecule has 7 nitrogen and oxygen atoms in total. The van der Waals surface area contributed by atoms with E-state index in [9.17, 15) is 9.59 Å². The van der Waals surface area contributed by atoms with Crippen LogP contribution in [0.4, 0.5) is 0 Å². The number of nitrogens with zero attached hydrogens (tertiary/aromatic N) is 4. The summed E-state index contributed by atoms with van der Waals surface area (Å²) in [6.45, 7) is 3.54. The Bertz CT molecular complexity index is 968. The number of para-hydroxylation sites is 2. The molecular weight excluding hydrogens is 320 g/mol. The van der Waals surface area contributed by atoms with Crippen molar-refractivity contribution in [1.29, 1.82) is 0 Å². The fourth-order valence-electron chi connectivity index (χ4n) is 3.61. The number of imidazole rings is 1. The molecule has 1 aliphatic rings. The Morgan fingerprint density at radius 3 is 3.00 bits per heavy atom. The lowest BCUT2D eigenvalue weighted by molar-refractivity contribution is -0.134. The second kappa shape index (κ2) is 6.23. The molecule has 25 heavy (non-hydrogen) atoms. The predicted molar refractivity (Wildman–Crippen MR) is 92.1 cm³/mol. The highest BCUT2D eigenvalue weighted by atomic mass is 16.4. The maximum atomic E-state index is 13.0. The Kier molecular flexibility index (Phi) is 3.91. The van der Waals surface area contributed by atoms with Gasteiger partial charge in [0, 0.05) is 25.5 Å². The number of carbonyl (C=O) groups is 1. The Labute approximate surface area is 144 Å². The summed E-state index contributed by atoms with van der Waals surface area (Å²) in [5.41, 5.74) is 1.14. The Hall–Kier alpha value is -2.83. The van der Waals surface area contributed by atoms with Gasteiger partial charge in [-0.1, -0.05) is 19.1 Å². The zero-order valence-electron chi connectivity index (χ0n) is 14.1. The van der Waals surface area contributed by atoms with E-state index in [2.05, 4.69) is 16.5 Å². The van der Waals surface area contributed by atoms with Crippen LogP contribution in [0, 0.1) is 0 Å². The van der Waals surface area contributed by atoms with Gasteiger partial charge >= 0.3 is 5.76 Å². The van der Waals surface area contributed by atoms with E-state index in [1.54, 1.807) is 24.4 Å². The molecule has 0 saturated carbocycles. The molecular formula is C18H20N4O3. The summed E-state index contributed by atoms with van der Waals surface area (Å²) in [6, 6.07) is 7.09. The molecule has 0 fully saturated rings. The molecule has 0 aliphatic carbocycles. The van der Waals surface area contributed by atoms with E-state index in [4.69, 9.17) is 4.42 Å². The van der Waals surface area contributed by atoms with E-state index in [1.807, 2.05) is 17.2 Å². The zero-order valence-corrected chi connectivity index (χ0v) is 14.1. The third-order valence-corrected chi connectivity index (χ3v) is 4.79. The first-order chi connectivity index (χ1) is 12.2. The first-order valence-electron chi connectivity index (χ1n) is 8.58. The summed E-state index contributed by atoms with van der Waals surface area (Å²) in [5.74, 6) is 0.327. The van der Waals surface area contributed by atoms with E-state index < -0.39 is 5.76 Å². The van der Waals surface area contributed by atoms with Crippen molar-refractivity contribution >= 4 is 17.0 Å². The minimum absolute atomic E-state index is 0.0208. The molecule has 130 valence electrons. The van der Waals surface area contributed by atoms with Crippen LogP contribution in [-0.4, -0.2) is 31.5 Å². The van der Waals surface area contributed by atoms with Crippen LogP contribution >= 0.6 is 0 Å². The fourth-order valence-corrected chi connectivity index (χ4v) is 3.61. The summed E-state index contributed by atoms with van der Waals surface area (Å²) < 4.78 is 8.75. The highest BCUT2D eigenvalue weighted by Crippen LogP contribution is 2.27. The maximum absolute atomic E-state index is 13.0. The monoisotopic (exact) mass is 340 g/mol. The summed E-state index contributed by atoms with van der Waals surface area (Å²) in [4.78, 5) is 31.4. The van der Waals surface area contributed by atoms with Gasteiger partial charge in [-0.2, -0.15) is 0 Å². The zero-order chi connectivity index (χ0) is 17.4. The molecule has 0 radical (unpaired) electrons. The Morgan fingerprint density at radius 2 is 2.16 bits per heavy atom. The number of benzene rings is 1. The van der Waals surface area contributed by atoms with E-state index in [0.29, 0.717) is 17.6 Å². The maximum Gasteiger partial charge on any atom is 0.420 e. The molecule has 0 spiro atoms. The lowest BCUT2D eigenvalue weighted by atomic mass is 10.1. The minimum Gasteiger partial charge on any atom is -0.408 e. The number of hydrogen-bond donors (Lipinski definition) is 0. The van der Waals surface area contributed by atoms with Gasteiger partial charge in [-0.3, -0.25) is 9.36 Å². The van der Waals surface area contributed by atoms with Crippen LogP contribution in [-0.2, 0) is 17.9 Å². The number of rotatable bonds is 3. The SMILES string of the molecule is CCC1c2nccn2CCCN1C(=O)Cn1c(=O)oc2ccccc21. The van der Waals surface area contributed by atoms with E-state index >= 15 is 0 Å². The van der Waals surface area contributed by atoms with Gasteiger partial charge in [-0.25, -0.2) is 9.78 Å². The van der Waals surface area contributed by atoms with Crippen LogP contribution in [0.1, 0.15) is 31.6 Å². The summed E-state index contributed by atoms with van der Waals surface area (Å²) in [7, 11) is 0. The summed E-state index contributed by atoms with van der Waals surface area (Å²) in [6.07, 6.45) is 5.39. The van der Waals surface area contributed by atoms with Gasteiger partial charge in [0.15, 0.2) is 5.58 Å². The standard InChI is InChI=1S/C18H20N4O3/c1-2-13-17-19-8-11-20(17)9-5-10-21(13)16(23)12-22-14-6-3-4-7-15(14)25-18(22)24/h3-4,6-8,11,13H,2,5,9-10,12H2,1H3. The van der Waals surface area contributed by atoms with E-state index in [-0.39, 0.29) is 18.5 Å². The topological polar surface area (TPSA) is 73.3 Å². The number of hydrogen-bond acceptors (Lipinski definition) is 4. The van der Waals surface area contributed by atoms with Gasteiger partial charge in [-0.15, -0.1) is 0 Å². The number of aryl methyl sites for hydroxylation is 1. The lowest BCUT2D eigenvalue weighted by Gasteiger charge is -2.28. The minimum atomic E-state index is -0.501. The van der Waals surface area contributed by atoms with Crippen LogP contribution in [0.25, 0.3) is 11.1 Å². The van der Waals surface area contributed by atoms with Crippen molar-refractivity contribution in [3.05, 3.63) is 53.0 Å². The molecule has 2 aromatic heterocycles. The number of amides is 1. The molecule has 1 amide bonds. The second-order valence-corrected chi connectivity index (χ2v) is 6.27. The number of oxazole rings is 1. The van der Waals surface area contributed by atoms with Gasteiger partial charge in [0.2, 0.25) is 5.91 Å². The molecule has 4 rings (SSSR count). The quantitative estimate of drug-likeness (QED) is 0.732. The Balaban J connectivity index is 1.66. The van der Waals surface area contributed by atoms with Gasteiger partial charge in [0.25, 0.3) is 0 Å². The third-order valence-electron chi connectivity index (χ3n) is 4.79. The number of fused-ring (bicyclic) bond motifs is 2. The third kappa shape index (κ3) is 2.65. The first-order valence-corrected chi connectivity index (χ1v) is 8.58. The molecule has 7 heteroatoms. The first kappa shape index (κ1) is 15.7. The van der Waals surface area contributed by atoms with Crippen molar-refractivity contribution in [2.24, 2.45) is 0 Å². The number of aromatic nitrogens is 3. The molecule has 1 atom stereocenters. The summed E-state index contributed by atoms with van der Waals surface area (Å²) in [5, 5.41) is 0. The van der Waals surface area contributed by atoms with Gasteiger partial charge in [-0.05, 0) is 25.0 Å². The summed E-state index contributed by atoms with van der Waals surface area (Å²) >= 11 is 0. The van der Waals surface area contributed by atoms with Crippen LogP contribution in [0.2, 0.25) is 0 Å². The lowest BCUT2D eigenvalue weighted by Crippen LogP contribution is -2.38. The molecule has 3 aromatic rings. The van der Waals surface area contributed by atoms with Gasteiger partial charge in [0.05, 0.1) is 11.6 Å². The fraction of sp³-hybridized carbons (Fsp3) is 0.389. The van der Waals surface area contributed by atoms with Crippen molar-refractivity contribution in [2.45, 2.75) is 38.9 Å². The van der Waals surface area contributed by atoms with Crippen LogP contribution < -0.4 is 5.76 Å². The Morgan fingerprint density at radius 1 is 1.32 bits per heavy atom. The molecule has 3 heterocycles. The van der Waals surface area contributed by atoms with Crippen molar-refractivity contribution in [3.63, 3.8) is 0 Å².